The molecule has 0 aliphatic heterocycles. The lowest BCUT2D eigenvalue weighted by Gasteiger charge is -2.28. The maximum atomic E-state index is 12.5. The van der Waals surface area contributed by atoms with Crippen molar-refractivity contribution in [3.63, 3.8) is 0 Å². The van der Waals surface area contributed by atoms with E-state index in [2.05, 4.69) is 25.9 Å². The van der Waals surface area contributed by atoms with Crippen molar-refractivity contribution in [2.75, 3.05) is 13.1 Å². The predicted molar refractivity (Wildman–Crippen MR) is 107 cm³/mol. The van der Waals surface area contributed by atoms with Crippen molar-refractivity contribution in [3.8, 4) is 0 Å². The molecule has 1 aromatic carbocycles. The zero-order valence-electron chi connectivity index (χ0n) is 16.3. The fourth-order valence-electron chi connectivity index (χ4n) is 3.52. The zero-order valence-corrected chi connectivity index (χ0v) is 16.3. The van der Waals surface area contributed by atoms with Crippen molar-refractivity contribution >= 4 is 28.6 Å². The van der Waals surface area contributed by atoms with Crippen LogP contribution >= 0.6 is 0 Å². The molecule has 0 atom stereocenters. The van der Waals surface area contributed by atoms with E-state index < -0.39 is 5.91 Å². The van der Waals surface area contributed by atoms with E-state index in [0.717, 1.165) is 0 Å². The lowest BCUT2D eigenvalue weighted by Crippen LogP contribution is -2.42. The topological polar surface area (TPSA) is 133 Å². The van der Waals surface area contributed by atoms with Gasteiger partial charge >= 0.3 is 0 Å². The van der Waals surface area contributed by atoms with Gasteiger partial charge in [0.2, 0.25) is 11.8 Å². The van der Waals surface area contributed by atoms with Gasteiger partial charge in [0.05, 0.1) is 10.9 Å². The number of para-hydroxylation sites is 1. The highest BCUT2D eigenvalue weighted by Gasteiger charge is 2.27. The Morgan fingerprint density at radius 1 is 1.07 bits per heavy atom. The number of carbonyl (C=O) groups excluding carboxylic acids is 3. The summed E-state index contributed by atoms with van der Waals surface area (Å²) in [6.07, 6.45) is 2.68. The molecule has 1 aliphatic rings. The van der Waals surface area contributed by atoms with Crippen LogP contribution in [0.3, 0.4) is 0 Å². The molecule has 1 fully saturated rings. The molecule has 3 amide bonds. The van der Waals surface area contributed by atoms with Gasteiger partial charge in [-0.05, 0) is 37.8 Å². The second-order valence-electron chi connectivity index (χ2n) is 7.23. The van der Waals surface area contributed by atoms with E-state index in [0.29, 0.717) is 49.7 Å². The fraction of sp³-hybridized carbons (Fsp3) is 0.450. The van der Waals surface area contributed by atoms with Crippen molar-refractivity contribution in [3.05, 3.63) is 40.4 Å². The van der Waals surface area contributed by atoms with E-state index in [-0.39, 0.29) is 35.2 Å². The molecule has 3 rings (SSSR count). The Balaban J connectivity index is 1.49. The molecule has 1 heterocycles. The summed E-state index contributed by atoms with van der Waals surface area (Å²) >= 11 is 0. The summed E-state index contributed by atoms with van der Waals surface area (Å²) < 4.78 is 0. The molecule has 29 heavy (non-hydrogen) atoms. The van der Waals surface area contributed by atoms with Crippen LogP contribution in [0.15, 0.2) is 29.1 Å². The van der Waals surface area contributed by atoms with Crippen molar-refractivity contribution in [2.24, 2.45) is 5.92 Å². The minimum Gasteiger partial charge on any atom is -0.355 e. The Bertz CT molecular complexity index is 963. The molecule has 0 unspecified atom stereocenters. The number of carbonyl (C=O) groups is 3. The Labute approximate surface area is 167 Å². The number of fused-ring (bicyclic) bond motifs is 1. The lowest BCUT2D eigenvalue weighted by atomic mass is 9.85. The molecule has 154 valence electrons. The van der Waals surface area contributed by atoms with Crippen molar-refractivity contribution < 1.29 is 14.4 Å². The van der Waals surface area contributed by atoms with Crippen molar-refractivity contribution in [1.82, 2.24) is 25.9 Å². The number of H-pyrrole nitrogens is 1. The summed E-state index contributed by atoms with van der Waals surface area (Å²) in [5, 5.41) is 8.79. The van der Waals surface area contributed by atoms with Gasteiger partial charge < -0.3 is 20.9 Å². The second kappa shape index (κ2) is 9.31. The quantitative estimate of drug-likeness (QED) is 0.524. The van der Waals surface area contributed by atoms with Crippen LogP contribution in [0, 0.1) is 5.92 Å². The average molecular weight is 399 g/mol. The Morgan fingerprint density at radius 3 is 2.48 bits per heavy atom. The minimum atomic E-state index is -0.420. The number of benzene rings is 1. The third-order valence-corrected chi connectivity index (χ3v) is 5.06. The first kappa shape index (κ1) is 20.5. The molecule has 0 radical (unpaired) electrons. The van der Waals surface area contributed by atoms with Gasteiger partial charge in [-0.25, -0.2) is 4.98 Å². The number of hydrogen-bond donors (Lipinski definition) is 4. The van der Waals surface area contributed by atoms with E-state index in [9.17, 15) is 19.2 Å². The maximum Gasteiger partial charge on any atom is 0.287 e. The number of hydrogen-bond acceptors (Lipinski definition) is 5. The number of rotatable bonds is 6. The average Bonchev–Trinajstić information content (AvgIpc) is 2.71. The van der Waals surface area contributed by atoms with Gasteiger partial charge in [0.1, 0.15) is 0 Å². The van der Waals surface area contributed by atoms with Crippen molar-refractivity contribution in [2.45, 2.75) is 38.6 Å². The maximum absolute atomic E-state index is 12.5. The monoisotopic (exact) mass is 399 g/mol. The predicted octanol–water partition coefficient (Wildman–Crippen LogP) is 0.464. The molecule has 1 saturated carbocycles. The normalized spacial score (nSPS) is 18.8. The SMILES string of the molecule is CC(=O)NCCNC(=O)C1CCC(NC(=O)c2nc3ccccc3c(=O)[nH]2)CC1. The van der Waals surface area contributed by atoms with Gasteiger partial charge in [-0.15, -0.1) is 0 Å². The molecular weight excluding hydrogens is 374 g/mol. The number of nitrogens with zero attached hydrogens (tertiary/aromatic N) is 1. The van der Waals surface area contributed by atoms with E-state index in [4.69, 9.17) is 0 Å². The first-order valence-electron chi connectivity index (χ1n) is 9.76. The molecule has 9 nitrogen and oxygen atoms in total. The summed E-state index contributed by atoms with van der Waals surface area (Å²) in [5.74, 6) is -0.680. The van der Waals surface area contributed by atoms with Gasteiger partial charge in [0.15, 0.2) is 5.82 Å². The van der Waals surface area contributed by atoms with Crippen LogP contribution in [-0.4, -0.2) is 46.8 Å². The smallest absolute Gasteiger partial charge is 0.287 e. The molecule has 0 bridgehead atoms. The highest BCUT2D eigenvalue weighted by Crippen LogP contribution is 2.24. The summed E-state index contributed by atoms with van der Waals surface area (Å²) in [5.41, 5.74) is 0.126. The first-order chi connectivity index (χ1) is 13.9. The van der Waals surface area contributed by atoms with E-state index in [1.807, 2.05) is 0 Å². The van der Waals surface area contributed by atoms with Gasteiger partial charge in [-0.3, -0.25) is 19.2 Å². The third-order valence-electron chi connectivity index (χ3n) is 5.06. The Hall–Kier alpha value is -3.23. The van der Waals surface area contributed by atoms with Gasteiger partial charge in [0, 0.05) is 32.0 Å². The number of amides is 3. The van der Waals surface area contributed by atoms with E-state index >= 15 is 0 Å². The summed E-state index contributed by atoms with van der Waals surface area (Å²) in [7, 11) is 0. The Kier molecular flexibility index (Phi) is 6.58. The zero-order chi connectivity index (χ0) is 20.8. The summed E-state index contributed by atoms with van der Waals surface area (Å²) in [6.45, 7) is 2.24. The number of nitrogens with one attached hydrogen (secondary N) is 4. The lowest BCUT2D eigenvalue weighted by molar-refractivity contribution is -0.126. The van der Waals surface area contributed by atoms with Gasteiger partial charge in [-0.2, -0.15) is 0 Å². The summed E-state index contributed by atoms with van der Waals surface area (Å²) in [6, 6.07) is 6.79. The molecule has 4 N–H and O–H groups in total. The highest BCUT2D eigenvalue weighted by molar-refractivity contribution is 5.92. The Morgan fingerprint density at radius 2 is 1.76 bits per heavy atom. The van der Waals surface area contributed by atoms with E-state index in [1.54, 1.807) is 24.3 Å². The molecular formula is C20H25N5O4. The minimum absolute atomic E-state index is 0.00784. The first-order valence-corrected chi connectivity index (χ1v) is 9.76. The molecule has 9 heteroatoms. The van der Waals surface area contributed by atoms with Crippen LogP contribution in [0.1, 0.15) is 43.2 Å². The molecule has 1 aliphatic carbocycles. The van der Waals surface area contributed by atoms with Crippen LogP contribution in [0.5, 0.6) is 0 Å². The van der Waals surface area contributed by atoms with Crippen LogP contribution < -0.4 is 21.5 Å². The third kappa shape index (κ3) is 5.40. The summed E-state index contributed by atoms with van der Waals surface area (Å²) in [4.78, 5) is 54.4. The highest BCUT2D eigenvalue weighted by atomic mass is 16.2. The van der Waals surface area contributed by atoms with Crippen LogP contribution in [0.4, 0.5) is 0 Å². The number of aromatic nitrogens is 2. The fourth-order valence-corrected chi connectivity index (χ4v) is 3.52. The van der Waals surface area contributed by atoms with Crippen LogP contribution in [-0.2, 0) is 9.59 Å². The number of aromatic amines is 1. The molecule has 0 saturated heterocycles. The van der Waals surface area contributed by atoms with Crippen molar-refractivity contribution in [1.29, 1.82) is 0 Å². The van der Waals surface area contributed by atoms with Gasteiger partial charge in [0.25, 0.3) is 11.5 Å². The van der Waals surface area contributed by atoms with Crippen LogP contribution in [0.2, 0.25) is 0 Å². The van der Waals surface area contributed by atoms with Crippen LogP contribution in [0.25, 0.3) is 10.9 Å². The standard InChI is InChI=1S/C20H25N5O4/c1-12(26)21-10-11-22-18(27)13-6-8-14(9-7-13)23-20(29)17-24-16-5-3-2-4-15(16)19(28)25-17/h2-5,13-14H,6-11H2,1H3,(H,21,26)(H,22,27)(H,23,29)(H,24,25,28). The van der Waals surface area contributed by atoms with E-state index in [1.165, 1.54) is 6.92 Å². The second-order valence-corrected chi connectivity index (χ2v) is 7.23. The largest absolute Gasteiger partial charge is 0.355 e. The molecule has 2 aromatic rings. The van der Waals surface area contributed by atoms with Gasteiger partial charge in [-0.1, -0.05) is 12.1 Å². The molecule has 0 spiro atoms. The molecule has 1 aromatic heterocycles.